The molecule has 0 aromatic heterocycles. The van der Waals surface area contributed by atoms with Crippen LogP contribution in [-0.2, 0) is 10.0 Å². The molecule has 1 rings (SSSR count). The van der Waals surface area contributed by atoms with Gasteiger partial charge in [-0.1, -0.05) is 46.2 Å². The van der Waals surface area contributed by atoms with Crippen LogP contribution in [0.25, 0.3) is 0 Å². The molecule has 0 saturated heterocycles. The molecule has 1 N–H and O–H groups in total. The maximum Gasteiger partial charge on any atom is 0.243 e. The Morgan fingerprint density at radius 1 is 1.19 bits per heavy atom. The van der Waals surface area contributed by atoms with E-state index in [2.05, 4.69) is 13.8 Å². The van der Waals surface area contributed by atoms with E-state index >= 15 is 0 Å². The molecular formula is C16H27NO3S. The Balaban J connectivity index is 3.11. The third-order valence-electron chi connectivity index (χ3n) is 3.83. The lowest BCUT2D eigenvalue weighted by molar-refractivity contribution is 0.173. The van der Waals surface area contributed by atoms with E-state index in [4.69, 9.17) is 0 Å². The molecule has 21 heavy (non-hydrogen) atoms. The van der Waals surface area contributed by atoms with E-state index in [9.17, 15) is 13.5 Å². The highest BCUT2D eigenvalue weighted by molar-refractivity contribution is 7.89. The van der Waals surface area contributed by atoms with E-state index in [1.165, 1.54) is 4.31 Å². The lowest BCUT2D eigenvalue weighted by Gasteiger charge is -2.24. The standard InChI is InChI=1S/C16H27NO3S/c1-5-13(4)12-17(7-3)21(19,20)15-10-8-9-14(11-15)16(18)6-2/h8-11,13,16,18H,5-7,12H2,1-4H3. The second-order valence-corrected chi connectivity index (χ2v) is 7.40. The Labute approximate surface area is 128 Å². The summed E-state index contributed by atoms with van der Waals surface area (Å²) in [5.41, 5.74) is 0.651. The van der Waals surface area contributed by atoms with Crippen LogP contribution in [-0.4, -0.2) is 30.9 Å². The van der Waals surface area contributed by atoms with Gasteiger partial charge >= 0.3 is 0 Å². The second kappa shape index (κ2) is 7.92. The molecule has 5 heteroatoms. The molecular weight excluding hydrogens is 286 g/mol. The Bertz CT molecular complexity index is 542. The number of hydrogen-bond donors (Lipinski definition) is 1. The van der Waals surface area contributed by atoms with Crippen LogP contribution >= 0.6 is 0 Å². The summed E-state index contributed by atoms with van der Waals surface area (Å²) in [5.74, 6) is 0.323. The maximum atomic E-state index is 12.7. The first-order valence-corrected chi connectivity index (χ1v) is 9.08. The van der Waals surface area contributed by atoms with Gasteiger partial charge in [-0.15, -0.1) is 0 Å². The highest BCUT2D eigenvalue weighted by Crippen LogP contribution is 2.23. The number of nitrogens with zero attached hydrogens (tertiary/aromatic N) is 1. The molecule has 0 radical (unpaired) electrons. The van der Waals surface area contributed by atoms with Crippen molar-refractivity contribution >= 4 is 10.0 Å². The van der Waals surface area contributed by atoms with Crippen LogP contribution in [0.5, 0.6) is 0 Å². The lowest BCUT2D eigenvalue weighted by atomic mass is 10.1. The second-order valence-electron chi connectivity index (χ2n) is 5.47. The van der Waals surface area contributed by atoms with Crippen LogP contribution in [0.3, 0.4) is 0 Å². The zero-order valence-electron chi connectivity index (χ0n) is 13.4. The molecule has 1 aromatic carbocycles. The Morgan fingerprint density at radius 2 is 1.86 bits per heavy atom. The smallest absolute Gasteiger partial charge is 0.243 e. The van der Waals surface area contributed by atoms with E-state index in [0.717, 1.165) is 6.42 Å². The molecule has 1 aromatic rings. The fraction of sp³-hybridized carbons (Fsp3) is 0.625. The zero-order valence-corrected chi connectivity index (χ0v) is 14.2. The van der Waals surface area contributed by atoms with E-state index in [1.807, 2.05) is 13.8 Å². The molecule has 0 saturated carbocycles. The molecule has 4 nitrogen and oxygen atoms in total. The number of aliphatic hydroxyl groups excluding tert-OH is 1. The molecule has 120 valence electrons. The Hall–Kier alpha value is -0.910. The van der Waals surface area contributed by atoms with Gasteiger partial charge in [-0.3, -0.25) is 0 Å². The summed E-state index contributed by atoms with van der Waals surface area (Å²) >= 11 is 0. The monoisotopic (exact) mass is 313 g/mol. The van der Waals surface area contributed by atoms with Gasteiger partial charge in [0.05, 0.1) is 11.0 Å². The first-order valence-electron chi connectivity index (χ1n) is 7.64. The van der Waals surface area contributed by atoms with E-state index in [1.54, 1.807) is 24.3 Å². The highest BCUT2D eigenvalue weighted by Gasteiger charge is 2.24. The zero-order chi connectivity index (χ0) is 16.0. The van der Waals surface area contributed by atoms with Gasteiger partial charge in [0, 0.05) is 13.1 Å². The van der Waals surface area contributed by atoms with E-state index < -0.39 is 16.1 Å². The molecule has 0 heterocycles. The number of benzene rings is 1. The van der Waals surface area contributed by atoms with Gasteiger partial charge in [0.15, 0.2) is 0 Å². The van der Waals surface area contributed by atoms with Crippen LogP contribution in [0.1, 0.15) is 52.2 Å². The molecule has 0 spiro atoms. The van der Waals surface area contributed by atoms with Crippen molar-refractivity contribution in [2.24, 2.45) is 5.92 Å². The van der Waals surface area contributed by atoms with Crippen LogP contribution in [0.2, 0.25) is 0 Å². The summed E-state index contributed by atoms with van der Waals surface area (Å²) in [6.45, 7) is 8.81. The molecule has 0 amide bonds. The van der Waals surface area contributed by atoms with Crippen molar-refractivity contribution in [2.45, 2.75) is 51.5 Å². The minimum atomic E-state index is -3.50. The third-order valence-corrected chi connectivity index (χ3v) is 5.77. The van der Waals surface area contributed by atoms with Crippen LogP contribution < -0.4 is 0 Å². The molecule has 2 unspecified atom stereocenters. The van der Waals surface area contributed by atoms with Gasteiger partial charge in [-0.2, -0.15) is 4.31 Å². The van der Waals surface area contributed by atoms with Gasteiger partial charge in [-0.25, -0.2) is 8.42 Å². The van der Waals surface area contributed by atoms with Crippen LogP contribution in [0.4, 0.5) is 0 Å². The summed E-state index contributed by atoms with van der Waals surface area (Å²) in [6, 6.07) is 6.64. The topological polar surface area (TPSA) is 57.6 Å². The fourth-order valence-electron chi connectivity index (χ4n) is 2.14. The maximum absolute atomic E-state index is 12.7. The minimum absolute atomic E-state index is 0.262. The number of aliphatic hydroxyl groups is 1. The largest absolute Gasteiger partial charge is 0.388 e. The van der Waals surface area contributed by atoms with E-state index in [0.29, 0.717) is 31.0 Å². The molecule has 2 atom stereocenters. The van der Waals surface area contributed by atoms with Crippen molar-refractivity contribution in [3.63, 3.8) is 0 Å². The number of sulfonamides is 1. The Morgan fingerprint density at radius 3 is 2.38 bits per heavy atom. The lowest BCUT2D eigenvalue weighted by Crippen LogP contribution is -2.34. The van der Waals surface area contributed by atoms with Crippen molar-refractivity contribution in [1.82, 2.24) is 4.31 Å². The molecule has 0 aliphatic rings. The number of rotatable bonds is 8. The van der Waals surface area contributed by atoms with Gasteiger partial charge in [0.1, 0.15) is 0 Å². The van der Waals surface area contributed by atoms with Crippen molar-refractivity contribution in [3.05, 3.63) is 29.8 Å². The van der Waals surface area contributed by atoms with Crippen molar-refractivity contribution < 1.29 is 13.5 Å². The van der Waals surface area contributed by atoms with Gasteiger partial charge in [-0.05, 0) is 30.0 Å². The van der Waals surface area contributed by atoms with Gasteiger partial charge < -0.3 is 5.11 Å². The average molecular weight is 313 g/mol. The molecule has 0 aliphatic carbocycles. The predicted molar refractivity (Wildman–Crippen MR) is 85.6 cm³/mol. The SMILES string of the molecule is CCC(C)CN(CC)S(=O)(=O)c1cccc(C(O)CC)c1. The van der Waals surface area contributed by atoms with Crippen LogP contribution in [0, 0.1) is 5.92 Å². The summed E-state index contributed by atoms with van der Waals surface area (Å²) in [4.78, 5) is 0.262. The quantitative estimate of drug-likeness (QED) is 0.802. The summed E-state index contributed by atoms with van der Waals surface area (Å²) in [6.07, 6.45) is 0.888. The summed E-state index contributed by atoms with van der Waals surface area (Å²) in [5, 5.41) is 9.89. The van der Waals surface area contributed by atoms with Crippen molar-refractivity contribution in [2.75, 3.05) is 13.1 Å². The van der Waals surface area contributed by atoms with Gasteiger partial charge in [0.25, 0.3) is 0 Å². The van der Waals surface area contributed by atoms with Crippen LogP contribution in [0.15, 0.2) is 29.2 Å². The van der Waals surface area contributed by atoms with E-state index in [-0.39, 0.29) is 4.90 Å². The normalized spacial score (nSPS) is 15.1. The first kappa shape index (κ1) is 18.1. The highest BCUT2D eigenvalue weighted by atomic mass is 32.2. The fourth-order valence-corrected chi connectivity index (χ4v) is 3.77. The summed E-state index contributed by atoms with van der Waals surface area (Å²) in [7, 11) is -3.50. The molecule has 0 aliphatic heterocycles. The first-order chi connectivity index (χ1) is 9.86. The van der Waals surface area contributed by atoms with Crippen molar-refractivity contribution in [3.8, 4) is 0 Å². The third kappa shape index (κ3) is 4.53. The Kier molecular flexibility index (Phi) is 6.84. The average Bonchev–Trinajstić information content (AvgIpc) is 2.51. The molecule has 0 bridgehead atoms. The summed E-state index contributed by atoms with van der Waals surface area (Å²) < 4.78 is 27.0. The minimum Gasteiger partial charge on any atom is -0.388 e. The predicted octanol–water partition coefficient (Wildman–Crippen LogP) is 3.19. The van der Waals surface area contributed by atoms with Crippen molar-refractivity contribution in [1.29, 1.82) is 0 Å². The number of hydrogen-bond acceptors (Lipinski definition) is 3. The molecule has 0 fully saturated rings. The van der Waals surface area contributed by atoms with Gasteiger partial charge in [0.2, 0.25) is 10.0 Å².